The predicted octanol–water partition coefficient (Wildman–Crippen LogP) is 2.60. The summed E-state index contributed by atoms with van der Waals surface area (Å²) >= 11 is 1.75. The lowest BCUT2D eigenvalue weighted by atomic mass is 9.79. The van der Waals surface area contributed by atoms with E-state index >= 15 is 0 Å². The predicted molar refractivity (Wildman–Crippen MR) is 82.2 cm³/mol. The van der Waals surface area contributed by atoms with Crippen molar-refractivity contribution in [2.24, 2.45) is 0 Å². The average molecular weight is 302 g/mol. The van der Waals surface area contributed by atoms with Gasteiger partial charge in [-0.3, -0.25) is 4.79 Å². The molecule has 1 aliphatic rings. The molecule has 6 heteroatoms. The number of carboxylic acid groups (broad SMARTS) is 1. The summed E-state index contributed by atoms with van der Waals surface area (Å²) in [5, 5.41) is 14.9. The summed E-state index contributed by atoms with van der Waals surface area (Å²) in [6.07, 6.45) is 7.56. The fraction of sp³-hybridized carbons (Fsp3) is 0.857. The Morgan fingerprint density at radius 3 is 2.50 bits per heavy atom. The number of nitrogens with one attached hydrogen (secondary N) is 2. The molecule has 0 aromatic heterocycles. The highest BCUT2D eigenvalue weighted by molar-refractivity contribution is 7.98. The third-order valence-corrected chi connectivity index (χ3v) is 4.46. The van der Waals surface area contributed by atoms with Crippen LogP contribution in [0.25, 0.3) is 0 Å². The van der Waals surface area contributed by atoms with Crippen molar-refractivity contribution < 1.29 is 14.7 Å². The molecule has 0 bridgehead atoms. The quantitative estimate of drug-likeness (QED) is 0.675. The molecular weight excluding hydrogens is 276 g/mol. The summed E-state index contributed by atoms with van der Waals surface area (Å²) in [4.78, 5) is 23.1. The van der Waals surface area contributed by atoms with Gasteiger partial charge in [0.1, 0.15) is 0 Å². The van der Waals surface area contributed by atoms with Crippen LogP contribution in [0.2, 0.25) is 0 Å². The lowest BCUT2D eigenvalue weighted by Crippen LogP contribution is -2.55. The SMILES string of the molecule is CSCCC(C)NC(=O)NC1(CC(=O)O)CCCCC1. The van der Waals surface area contributed by atoms with Crippen LogP contribution in [0, 0.1) is 0 Å². The van der Waals surface area contributed by atoms with Gasteiger partial charge in [0, 0.05) is 6.04 Å². The minimum absolute atomic E-state index is 0.0135. The van der Waals surface area contributed by atoms with Gasteiger partial charge in [0.15, 0.2) is 0 Å². The minimum atomic E-state index is -0.845. The van der Waals surface area contributed by atoms with Gasteiger partial charge in [-0.25, -0.2) is 4.79 Å². The van der Waals surface area contributed by atoms with Gasteiger partial charge in [-0.1, -0.05) is 19.3 Å². The number of urea groups is 1. The molecule has 0 spiro atoms. The summed E-state index contributed by atoms with van der Waals surface area (Å²) in [6.45, 7) is 1.97. The highest BCUT2D eigenvalue weighted by Crippen LogP contribution is 2.31. The number of carbonyl (C=O) groups is 2. The Bertz CT molecular complexity index is 330. The van der Waals surface area contributed by atoms with Crippen LogP contribution < -0.4 is 10.6 Å². The Kier molecular flexibility index (Phi) is 7.19. The molecule has 0 aromatic carbocycles. The van der Waals surface area contributed by atoms with Crippen LogP contribution in [0.4, 0.5) is 4.79 Å². The van der Waals surface area contributed by atoms with Crippen molar-refractivity contribution in [1.82, 2.24) is 10.6 Å². The minimum Gasteiger partial charge on any atom is -0.481 e. The second kappa shape index (κ2) is 8.39. The highest BCUT2D eigenvalue weighted by Gasteiger charge is 2.35. The van der Waals surface area contributed by atoms with Crippen molar-refractivity contribution >= 4 is 23.8 Å². The van der Waals surface area contributed by atoms with Crippen molar-refractivity contribution in [3.8, 4) is 0 Å². The van der Waals surface area contributed by atoms with E-state index in [4.69, 9.17) is 5.11 Å². The number of thioether (sulfide) groups is 1. The maximum absolute atomic E-state index is 12.0. The summed E-state index contributed by atoms with van der Waals surface area (Å²) in [5.74, 6) is 0.157. The van der Waals surface area contributed by atoms with Crippen LogP contribution in [0.3, 0.4) is 0 Å². The van der Waals surface area contributed by atoms with Gasteiger partial charge in [0.25, 0.3) is 0 Å². The Hall–Kier alpha value is -0.910. The number of aliphatic carboxylic acids is 1. The molecule has 1 aliphatic carbocycles. The molecule has 1 unspecified atom stereocenters. The molecule has 5 nitrogen and oxygen atoms in total. The zero-order chi connectivity index (χ0) is 15.0. The monoisotopic (exact) mass is 302 g/mol. The number of amides is 2. The van der Waals surface area contributed by atoms with Crippen LogP contribution >= 0.6 is 11.8 Å². The molecule has 1 saturated carbocycles. The van der Waals surface area contributed by atoms with Crippen molar-refractivity contribution in [2.75, 3.05) is 12.0 Å². The summed E-state index contributed by atoms with van der Waals surface area (Å²) in [6, 6.07) is -0.130. The molecule has 20 heavy (non-hydrogen) atoms. The van der Waals surface area contributed by atoms with Gasteiger partial charge < -0.3 is 15.7 Å². The first kappa shape index (κ1) is 17.1. The van der Waals surface area contributed by atoms with Crippen LogP contribution in [0.15, 0.2) is 0 Å². The van der Waals surface area contributed by atoms with Gasteiger partial charge >= 0.3 is 12.0 Å². The number of carboxylic acids is 1. The molecule has 1 fully saturated rings. The molecular formula is C14H26N2O3S. The van der Waals surface area contributed by atoms with E-state index in [0.717, 1.165) is 44.3 Å². The third kappa shape index (κ3) is 6.03. The fourth-order valence-corrected chi connectivity index (χ4v) is 3.32. The molecule has 0 aromatic rings. The van der Waals surface area contributed by atoms with E-state index in [0.29, 0.717) is 0 Å². The fourth-order valence-electron chi connectivity index (χ4n) is 2.73. The zero-order valence-electron chi connectivity index (χ0n) is 12.4. The van der Waals surface area contributed by atoms with Crippen molar-refractivity contribution in [2.45, 2.75) is 63.5 Å². The Morgan fingerprint density at radius 2 is 1.95 bits per heavy atom. The Morgan fingerprint density at radius 1 is 1.30 bits per heavy atom. The van der Waals surface area contributed by atoms with E-state index in [1.807, 2.05) is 13.2 Å². The summed E-state index contributed by atoms with van der Waals surface area (Å²) in [7, 11) is 0. The third-order valence-electron chi connectivity index (χ3n) is 3.81. The molecule has 116 valence electrons. The van der Waals surface area contributed by atoms with E-state index in [2.05, 4.69) is 10.6 Å². The smallest absolute Gasteiger partial charge is 0.315 e. The van der Waals surface area contributed by atoms with Gasteiger partial charge in [-0.15, -0.1) is 0 Å². The Balaban J connectivity index is 2.51. The van der Waals surface area contributed by atoms with E-state index in [1.165, 1.54) is 0 Å². The van der Waals surface area contributed by atoms with Crippen LogP contribution in [0.1, 0.15) is 51.9 Å². The van der Waals surface area contributed by atoms with Gasteiger partial charge in [0.05, 0.1) is 12.0 Å². The Labute approximate surface area is 125 Å². The molecule has 0 saturated heterocycles. The zero-order valence-corrected chi connectivity index (χ0v) is 13.2. The second-order valence-corrected chi connectivity index (χ2v) is 6.68. The topological polar surface area (TPSA) is 78.4 Å². The number of rotatable bonds is 7. The van der Waals surface area contributed by atoms with E-state index in [-0.39, 0.29) is 18.5 Å². The molecule has 3 N–H and O–H groups in total. The molecule has 2 amide bonds. The maximum Gasteiger partial charge on any atom is 0.315 e. The van der Waals surface area contributed by atoms with Gasteiger partial charge in [-0.05, 0) is 38.2 Å². The summed E-state index contributed by atoms with van der Waals surface area (Å²) in [5.41, 5.74) is -0.562. The molecule has 0 heterocycles. The maximum atomic E-state index is 12.0. The van der Waals surface area contributed by atoms with Crippen LogP contribution in [0.5, 0.6) is 0 Å². The van der Waals surface area contributed by atoms with Gasteiger partial charge in [-0.2, -0.15) is 11.8 Å². The molecule has 0 aliphatic heterocycles. The van der Waals surface area contributed by atoms with E-state index in [9.17, 15) is 9.59 Å². The van der Waals surface area contributed by atoms with Crippen LogP contribution in [-0.2, 0) is 4.79 Å². The molecule has 1 atom stereocenters. The first-order valence-corrected chi connectivity index (χ1v) is 8.66. The van der Waals surface area contributed by atoms with Crippen molar-refractivity contribution in [1.29, 1.82) is 0 Å². The van der Waals surface area contributed by atoms with Crippen molar-refractivity contribution in [3.05, 3.63) is 0 Å². The lowest BCUT2D eigenvalue weighted by molar-refractivity contribution is -0.139. The van der Waals surface area contributed by atoms with E-state index in [1.54, 1.807) is 11.8 Å². The first-order valence-electron chi connectivity index (χ1n) is 7.27. The lowest BCUT2D eigenvalue weighted by Gasteiger charge is -2.37. The average Bonchev–Trinajstić information content (AvgIpc) is 2.35. The van der Waals surface area contributed by atoms with Crippen LogP contribution in [-0.4, -0.2) is 40.7 Å². The number of carbonyl (C=O) groups excluding carboxylic acids is 1. The highest BCUT2D eigenvalue weighted by atomic mass is 32.2. The van der Waals surface area contributed by atoms with Crippen molar-refractivity contribution in [3.63, 3.8) is 0 Å². The normalized spacial score (nSPS) is 19.1. The number of hydrogen-bond acceptors (Lipinski definition) is 3. The standard InChI is InChI=1S/C14H26N2O3S/c1-11(6-9-20-2)15-13(19)16-14(10-12(17)18)7-4-3-5-8-14/h11H,3-10H2,1-2H3,(H,17,18)(H2,15,16,19). The molecule has 0 radical (unpaired) electrons. The van der Waals surface area contributed by atoms with Gasteiger partial charge in [0.2, 0.25) is 0 Å². The van der Waals surface area contributed by atoms with E-state index < -0.39 is 11.5 Å². The molecule has 1 rings (SSSR count). The number of hydrogen-bond donors (Lipinski definition) is 3. The summed E-state index contributed by atoms with van der Waals surface area (Å²) < 4.78 is 0. The second-order valence-electron chi connectivity index (χ2n) is 5.69. The largest absolute Gasteiger partial charge is 0.481 e. The first-order chi connectivity index (χ1) is 9.47.